The lowest BCUT2D eigenvalue weighted by Gasteiger charge is -2.13. The molecule has 5 heteroatoms. The van der Waals surface area contributed by atoms with Gasteiger partial charge in [-0.1, -0.05) is 110 Å². The zero-order valence-corrected chi connectivity index (χ0v) is 19.5. The summed E-state index contributed by atoms with van der Waals surface area (Å²) in [7, 11) is -3.88. The normalized spacial score (nSPS) is 14.3. The fraction of sp³-hybridized carbons (Fsp3) is 1.00. The molecule has 0 aliphatic rings. The lowest BCUT2D eigenvalue weighted by molar-refractivity contribution is 0.150. The second-order valence-corrected chi connectivity index (χ2v) is 10.2. The van der Waals surface area contributed by atoms with Crippen LogP contribution in [-0.2, 0) is 10.1 Å². The van der Waals surface area contributed by atoms with Gasteiger partial charge in [0.2, 0.25) is 0 Å². The van der Waals surface area contributed by atoms with E-state index >= 15 is 0 Å². The zero-order chi connectivity index (χ0) is 21.1. The maximum atomic E-state index is 11.5. The quantitative estimate of drug-likeness (QED) is 0.154. The minimum atomic E-state index is -3.88. The number of aliphatic hydroxyl groups is 1. The summed E-state index contributed by atoms with van der Waals surface area (Å²) in [4.78, 5) is 0. The lowest BCUT2D eigenvalue weighted by atomic mass is 10.0. The van der Waals surface area contributed by atoms with Crippen LogP contribution in [0.25, 0.3) is 0 Å². The van der Waals surface area contributed by atoms with Gasteiger partial charge < -0.3 is 5.11 Å². The summed E-state index contributed by atoms with van der Waals surface area (Å²) >= 11 is 0. The van der Waals surface area contributed by atoms with E-state index in [0.29, 0.717) is 12.8 Å². The Morgan fingerprint density at radius 1 is 0.571 bits per heavy atom. The van der Waals surface area contributed by atoms with Crippen LogP contribution in [-0.4, -0.2) is 29.4 Å². The first kappa shape index (κ1) is 27.9. The van der Waals surface area contributed by atoms with Crippen molar-refractivity contribution in [2.24, 2.45) is 0 Å². The van der Waals surface area contributed by atoms with Crippen molar-refractivity contribution < 1.29 is 18.1 Å². The smallest absolute Gasteiger partial charge is 0.267 e. The van der Waals surface area contributed by atoms with Gasteiger partial charge in [-0.3, -0.25) is 4.55 Å². The van der Waals surface area contributed by atoms with E-state index in [0.717, 1.165) is 57.8 Å². The molecule has 0 rings (SSSR count). The molecule has 0 aliphatic carbocycles. The molecule has 170 valence electrons. The molecule has 0 saturated carbocycles. The highest BCUT2D eigenvalue weighted by Crippen LogP contribution is 2.19. The van der Waals surface area contributed by atoms with Gasteiger partial charge in [0.05, 0.1) is 11.4 Å². The van der Waals surface area contributed by atoms with Gasteiger partial charge in [-0.05, 0) is 25.7 Å². The number of unbranched alkanes of at least 4 members (excludes halogenated alkanes) is 12. The summed E-state index contributed by atoms with van der Waals surface area (Å²) in [6, 6.07) is 0. The van der Waals surface area contributed by atoms with Crippen LogP contribution in [0, 0.1) is 0 Å². The van der Waals surface area contributed by atoms with Gasteiger partial charge in [0, 0.05) is 0 Å². The molecule has 2 atom stereocenters. The van der Waals surface area contributed by atoms with Crippen LogP contribution in [0.1, 0.15) is 136 Å². The molecule has 2 unspecified atom stereocenters. The molecule has 0 fully saturated rings. The molecule has 0 aromatic rings. The van der Waals surface area contributed by atoms with Gasteiger partial charge >= 0.3 is 0 Å². The molecular weight excluding hydrogens is 372 g/mol. The van der Waals surface area contributed by atoms with Crippen LogP contribution in [0.5, 0.6) is 0 Å². The van der Waals surface area contributed by atoms with Crippen molar-refractivity contribution in [2.75, 3.05) is 0 Å². The Bertz CT molecular complexity index is 422. The van der Waals surface area contributed by atoms with Gasteiger partial charge in [-0.25, -0.2) is 0 Å². The Labute approximate surface area is 175 Å². The van der Waals surface area contributed by atoms with Crippen LogP contribution < -0.4 is 0 Å². The molecular formula is C23H48O4S. The SMILES string of the molecule is CCCCCC(CCCCCCCCCCCCCC(O)CCC)S(=O)(=O)O. The molecule has 4 nitrogen and oxygen atoms in total. The van der Waals surface area contributed by atoms with Crippen LogP contribution in [0.3, 0.4) is 0 Å². The van der Waals surface area contributed by atoms with E-state index in [9.17, 15) is 18.1 Å². The molecule has 0 radical (unpaired) electrons. The predicted octanol–water partition coefficient (Wildman–Crippen LogP) is 7.06. The molecule has 0 heterocycles. The van der Waals surface area contributed by atoms with Gasteiger partial charge in [0.1, 0.15) is 0 Å². The van der Waals surface area contributed by atoms with Crippen LogP contribution >= 0.6 is 0 Å². The lowest BCUT2D eigenvalue weighted by Crippen LogP contribution is -2.20. The first-order chi connectivity index (χ1) is 13.4. The van der Waals surface area contributed by atoms with E-state index in [1.54, 1.807) is 0 Å². The third-order valence-electron chi connectivity index (χ3n) is 5.74. The summed E-state index contributed by atoms with van der Waals surface area (Å²) in [5.74, 6) is 0. The van der Waals surface area contributed by atoms with Gasteiger partial charge in [-0.15, -0.1) is 0 Å². The Balaban J connectivity index is 3.46. The van der Waals surface area contributed by atoms with E-state index < -0.39 is 15.4 Å². The Morgan fingerprint density at radius 2 is 0.964 bits per heavy atom. The molecule has 0 spiro atoms. The molecule has 28 heavy (non-hydrogen) atoms. The van der Waals surface area contributed by atoms with E-state index in [-0.39, 0.29) is 6.10 Å². The first-order valence-electron chi connectivity index (χ1n) is 12.1. The molecule has 0 aromatic carbocycles. The fourth-order valence-corrected chi connectivity index (χ4v) is 4.81. The topological polar surface area (TPSA) is 74.6 Å². The number of hydrogen-bond donors (Lipinski definition) is 2. The Morgan fingerprint density at radius 3 is 1.36 bits per heavy atom. The highest BCUT2D eigenvalue weighted by Gasteiger charge is 2.21. The summed E-state index contributed by atoms with van der Waals surface area (Å²) in [5, 5.41) is 9.13. The van der Waals surface area contributed by atoms with Crippen LogP contribution in [0.15, 0.2) is 0 Å². The van der Waals surface area contributed by atoms with Gasteiger partial charge in [0.15, 0.2) is 0 Å². The second kappa shape index (κ2) is 18.9. The van der Waals surface area contributed by atoms with Crippen molar-refractivity contribution in [1.29, 1.82) is 0 Å². The maximum Gasteiger partial charge on any atom is 0.267 e. The fourth-order valence-electron chi connectivity index (χ4n) is 3.88. The third kappa shape index (κ3) is 17.9. The van der Waals surface area contributed by atoms with Crippen molar-refractivity contribution in [3.05, 3.63) is 0 Å². The summed E-state index contributed by atoms with van der Waals surface area (Å²) in [6.45, 7) is 4.22. The van der Waals surface area contributed by atoms with Crippen LogP contribution in [0.4, 0.5) is 0 Å². The first-order valence-corrected chi connectivity index (χ1v) is 13.6. The van der Waals surface area contributed by atoms with Crippen molar-refractivity contribution in [3.63, 3.8) is 0 Å². The van der Waals surface area contributed by atoms with Gasteiger partial charge in [-0.2, -0.15) is 8.42 Å². The van der Waals surface area contributed by atoms with Crippen molar-refractivity contribution in [2.45, 2.75) is 147 Å². The minimum Gasteiger partial charge on any atom is -0.393 e. The predicted molar refractivity (Wildman–Crippen MR) is 120 cm³/mol. The molecule has 2 N–H and O–H groups in total. The highest BCUT2D eigenvalue weighted by atomic mass is 32.2. The maximum absolute atomic E-state index is 11.5. The number of aliphatic hydroxyl groups excluding tert-OH is 1. The number of hydrogen-bond acceptors (Lipinski definition) is 3. The van der Waals surface area contributed by atoms with E-state index in [2.05, 4.69) is 13.8 Å². The molecule has 0 amide bonds. The monoisotopic (exact) mass is 420 g/mol. The van der Waals surface area contributed by atoms with Crippen molar-refractivity contribution in [1.82, 2.24) is 0 Å². The summed E-state index contributed by atoms with van der Waals surface area (Å²) < 4.78 is 32.3. The third-order valence-corrected chi connectivity index (χ3v) is 7.05. The summed E-state index contributed by atoms with van der Waals surface area (Å²) in [6.07, 6.45) is 20.3. The Hall–Kier alpha value is -0.130. The highest BCUT2D eigenvalue weighted by molar-refractivity contribution is 7.86. The average Bonchev–Trinajstić information content (AvgIpc) is 2.63. The molecule has 0 bridgehead atoms. The zero-order valence-electron chi connectivity index (χ0n) is 18.7. The largest absolute Gasteiger partial charge is 0.393 e. The molecule has 0 aromatic heterocycles. The second-order valence-electron chi connectivity index (χ2n) is 8.54. The van der Waals surface area contributed by atoms with E-state index in [4.69, 9.17) is 0 Å². The van der Waals surface area contributed by atoms with E-state index in [1.165, 1.54) is 51.4 Å². The minimum absolute atomic E-state index is 0.0888. The Kier molecular flexibility index (Phi) is 18.8. The van der Waals surface area contributed by atoms with Crippen LogP contribution in [0.2, 0.25) is 0 Å². The van der Waals surface area contributed by atoms with Crippen molar-refractivity contribution in [3.8, 4) is 0 Å². The molecule has 0 aliphatic heterocycles. The van der Waals surface area contributed by atoms with Gasteiger partial charge in [0.25, 0.3) is 10.1 Å². The number of rotatable bonds is 21. The standard InChI is InChI=1S/C23H48O4S/c1-3-5-15-20-23(28(25,26)27)21-17-14-12-10-8-6-7-9-11-13-16-19-22(24)18-4-2/h22-24H,3-21H2,1-2H3,(H,25,26,27). The van der Waals surface area contributed by atoms with E-state index in [1.807, 2.05) is 0 Å². The summed E-state index contributed by atoms with van der Waals surface area (Å²) in [5.41, 5.74) is 0. The average molecular weight is 421 g/mol. The van der Waals surface area contributed by atoms with Crippen molar-refractivity contribution >= 4 is 10.1 Å². The molecule has 0 saturated heterocycles.